The molecule has 0 unspecified atom stereocenters. The molecule has 0 aliphatic heterocycles. The molecule has 0 aliphatic rings. The Balaban J connectivity index is 2.41. The molecule has 0 bridgehead atoms. The second-order valence-electron chi connectivity index (χ2n) is 3.94. The van der Waals surface area contributed by atoms with Crippen LogP contribution in [0.4, 0.5) is 4.39 Å². The molecule has 0 atom stereocenters. The Hall–Kier alpha value is -2.10. The second-order valence-corrected chi connectivity index (χ2v) is 3.94. The van der Waals surface area contributed by atoms with Crippen LogP contribution >= 0.6 is 0 Å². The summed E-state index contributed by atoms with van der Waals surface area (Å²) in [6.07, 6.45) is 4.26. The van der Waals surface area contributed by atoms with E-state index in [4.69, 9.17) is 0 Å². The number of carbonyl (C=O) groups excluding carboxylic acids is 1. The molecule has 0 N–H and O–H groups in total. The first-order valence-electron chi connectivity index (χ1n) is 5.82. The van der Waals surface area contributed by atoms with Gasteiger partial charge in [-0.1, -0.05) is 6.92 Å². The number of hydrogen-bond donors (Lipinski definition) is 0. The van der Waals surface area contributed by atoms with Crippen molar-refractivity contribution in [2.24, 2.45) is 0 Å². The van der Waals surface area contributed by atoms with Crippen molar-refractivity contribution in [1.82, 2.24) is 9.97 Å². The molecule has 1 aromatic heterocycles. The van der Waals surface area contributed by atoms with Crippen molar-refractivity contribution in [2.75, 3.05) is 0 Å². The van der Waals surface area contributed by atoms with Crippen molar-refractivity contribution in [3.05, 3.63) is 48.0 Å². The van der Waals surface area contributed by atoms with Crippen LogP contribution < -0.4 is 0 Å². The Kier molecular flexibility index (Phi) is 3.77. The lowest BCUT2D eigenvalue weighted by atomic mass is 10.0. The van der Waals surface area contributed by atoms with Crippen LogP contribution in [0.25, 0.3) is 11.4 Å². The van der Waals surface area contributed by atoms with Crippen LogP contribution in [-0.4, -0.2) is 15.8 Å². The van der Waals surface area contributed by atoms with Crippen LogP contribution in [-0.2, 0) is 0 Å². The maximum absolute atomic E-state index is 13.6. The van der Waals surface area contributed by atoms with Gasteiger partial charge in [0.1, 0.15) is 5.82 Å². The molecule has 18 heavy (non-hydrogen) atoms. The fourth-order valence-electron chi connectivity index (χ4n) is 1.69. The van der Waals surface area contributed by atoms with Crippen molar-refractivity contribution < 1.29 is 9.18 Å². The third-order valence-electron chi connectivity index (χ3n) is 2.57. The molecule has 0 aliphatic carbocycles. The third kappa shape index (κ3) is 2.59. The highest BCUT2D eigenvalue weighted by Crippen LogP contribution is 2.19. The normalized spacial score (nSPS) is 10.3. The van der Waals surface area contributed by atoms with Crippen LogP contribution in [0.3, 0.4) is 0 Å². The fourth-order valence-corrected chi connectivity index (χ4v) is 1.69. The average Bonchev–Trinajstić information content (AvgIpc) is 2.40. The van der Waals surface area contributed by atoms with Gasteiger partial charge in [-0.25, -0.2) is 14.4 Å². The molecule has 0 saturated heterocycles. The van der Waals surface area contributed by atoms with E-state index in [0.717, 1.165) is 0 Å². The predicted molar refractivity (Wildman–Crippen MR) is 66.7 cm³/mol. The number of rotatable bonds is 4. The maximum Gasteiger partial charge on any atom is 0.165 e. The molecule has 2 rings (SSSR count). The van der Waals surface area contributed by atoms with Gasteiger partial charge in [0, 0.05) is 24.4 Å². The summed E-state index contributed by atoms with van der Waals surface area (Å²) in [6, 6.07) is 6.08. The first-order chi connectivity index (χ1) is 8.72. The van der Waals surface area contributed by atoms with E-state index in [-0.39, 0.29) is 11.3 Å². The Morgan fingerprint density at radius 3 is 2.67 bits per heavy atom. The number of Topliss-reactive ketones (excluding diaryl/α,β-unsaturated/α-hetero) is 1. The van der Waals surface area contributed by atoms with Crippen molar-refractivity contribution in [3.63, 3.8) is 0 Å². The first kappa shape index (κ1) is 12.4. The number of hydrogen-bond acceptors (Lipinski definition) is 3. The van der Waals surface area contributed by atoms with Gasteiger partial charge in [0.2, 0.25) is 0 Å². The highest BCUT2D eigenvalue weighted by molar-refractivity contribution is 5.97. The first-order valence-corrected chi connectivity index (χ1v) is 5.82. The maximum atomic E-state index is 13.6. The van der Waals surface area contributed by atoms with E-state index in [1.165, 1.54) is 12.1 Å². The molecule has 1 aromatic carbocycles. The van der Waals surface area contributed by atoms with Crippen molar-refractivity contribution in [3.8, 4) is 11.4 Å². The van der Waals surface area contributed by atoms with E-state index >= 15 is 0 Å². The Bertz CT molecular complexity index is 555. The minimum Gasteiger partial charge on any atom is -0.294 e. The molecule has 92 valence electrons. The van der Waals surface area contributed by atoms with Gasteiger partial charge in [0.05, 0.1) is 5.56 Å². The Morgan fingerprint density at radius 1 is 1.28 bits per heavy atom. The van der Waals surface area contributed by atoms with E-state index in [2.05, 4.69) is 9.97 Å². The lowest BCUT2D eigenvalue weighted by molar-refractivity contribution is 0.0978. The number of ketones is 1. The molecule has 0 amide bonds. The van der Waals surface area contributed by atoms with Crippen LogP contribution in [0.5, 0.6) is 0 Å². The molecule has 2 aromatic rings. The minimum absolute atomic E-state index is 0.113. The number of benzene rings is 1. The van der Waals surface area contributed by atoms with Gasteiger partial charge in [0.25, 0.3) is 0 Å². The van der Waals surface area contributed by atoms with Gasteiger partial charge in [-0.3, -0.25) is 4.79 Å². The number of carbonyl (C=O) groups is 1. The zero-order valence-electron chi connectivity index (χ0n) is 10.1. The molecular formula is C14H13FN2O. The quantitative estimate of drug-likeness (QED) is 0.775. The van der Waals surface area contributed by atoms with Crippen LogP contribution in [0.1, 0.15) is 30.1 Å². The summed E-state index contributed by atoms with van der Waals surface area (Å²) < 4.78 is 13.6. The van der Waals surface area contributed by atoms with Gasteiger partial charge in [-0.2, -0.15) is 0 Å². The van der Waals surface area contributed by atoms with Gasteiger partial charge < -0.3 is 0 Å². The molecule has 4 heteroatoms. The molecule has 0 fully saturated rings. The van der Waals surface area contributed by atoms with Gasteiger partial charge in [0.15, 0.2) is 11.6 Å². The zero-order valence-corrected chi connectivity index (χ0v) is 10.1. The Morgan fingerprint density at radius 2 is 2.00 bits per heavy atom. The zero-order chi connectivity index (χ0) is 13.0. The fraction of sp³-hybridized carbons (Fsp3) is 0.214. The van der Waals surface area contributed by atoms with Gasteiger partial charge in [-0.15, -0.1) is 0 Å². The largest absolute Gasteiger partial charge is 0.294 e. The number of aromatic nitrogens is 2. The van der Waals surface area contributed by atoms with E-state index in [1.807, 2.05) is 6.92 Å². The average molecular weight is 244 g/mol. The minimum atomic E-state index is -0.492. The summed E-state index contributed by atoms with van der Waals surface area (Å²) in [6.45, 7) is 1.89. The third-order valence-corrected chi connectivity index (χ3v) is 2.57. The number of halogens is 1. The summed E-state index contributed by atoms with van der Waals surface area (Å²) in [5.74, 6) is -0.191. The van der Waals surface area contributed by atoms with E-state index in [0.29, 0.717) is 24.2 Å². The summed E-state index contributed by atoms with van der Waals surface area (Å²) >= 11 is 0. The van der Waals surface area contributed by atoms with Crippen molar-refractivity contribution in [1.29, 1.82) is 0 Å². The summed E-state index contributed by atoms with van der Waals surface area (Å²) in [7, 11) is 0. The lowest BCUT2D eigenvalue weighted by Crippen LogP contribution is -2.02. The van der Waals surface area contributed by atoms with Crippen LogP contribution in [0.2, 0.25) is 0 Å². The Labute approximate surface area is 105 Å². The SMILES string of the molecule is CCCC(=O)c1cc(-c2ncccn2)ccc1F. The van der Waals surface area contributed by atoms with Crippen molar-refractivity contribution in [2.45, 2.75) is 19.8 Å². The molecule has 3 nitrogen and oxygen atoms in total. The van der Waals surface area contributed by atoms with Gasteiger partial charge in [-0.05, 0) is 30.7 Å². The summed E-state index contributed by atoms with van der Waals surface area (Å²) in [4.78, 5) is 19.9. The van der Waals surface area contributed by atoms with E-state index in [1.54, 1.807) is 24.5 Å². The topological polar surface area (TPSA) is 42.9 Å². The van der Waals surface area contributed by atoms with E-state index in [9.17, 15) is 9.18 Å². The molecule has 0 spiro atoms. The molecule has 0 radical (unpaired) electrons. The molecule has 0 saturated carbocycles. The second kappa shape index (κ2) is 5.49. The lowest BCUT2D eigenvalue weighted by Gasteiger charge is -2.04. The number of nitrogens with zero attached hydrogens (tertiary/aromatic N) is 2. The monoisotopic (exact) mass is 244 g/mol. The molecule has 1 heterocycles. The predicted octanol–water partition coefficient (Wildman–Crippen LogP) is 3.27. The standard InChI is InChI=1S/C14H13FN2O/c1-2-4-13(18)11-9-10(5-6-12(11)15)14-16-7-3-8-17-14/h3,5-9H,2,4H2,1H3. The smallest absolute Gasteiger partial charge is 0.165 e. The van der Waals surface area contributed by atoms with Gasteiger partial charge >= 0.3 is 0 Å². The molecular weight excluding hydrogens is 231 g/mol. The van der Waals surface area contributed by atoms with Crippen LogP contribution in [0.15, 0.2) is 36.7 Å². The van der Waals surface area contributed by atoms with Crippen molar-refractivity contribution >= 4 is 5.78 Å². The summed E-state index contributed by atoms with van der Waals surface area (Å²) in [5.41, 5.74) is 0.762. The highest BCUT2D eigenvalue weighted by atomic mass is 19.1. The van der Waals surface area contributed by atoms with E-state index < -0.39 is 5.82 Å². The highest BCUT2D eigenvalue weighted by Gasteiger charge is 2.13. The van der Waals surface area contributed by atoms with Crippen LogP contribution in [0, 0.1) is 5.82 Å². The summed E-state index contributed by atoms with van der Waals surface area (Å²) in [5, 5.41) is 0.